The average molecular weight is 414 g/mol. The molecule has 3 rings (SSSR count). The van der Waals surface area contributed by atoms with Gasteiger partial charge in [0.25, 0.3) is 0 Å². The summed E-state index contributed by atoms with van der Waals surface area (Å²) >= 11 is 12.0. The van der Waals surface area contributed by atoms with Crippen molar-refractivity contribution in [3.63, 3.8) is 0 Å². The number of hydrogen-bond acceptors (Lipinski definition) is 2. The molecule has 0 saturated carbocycles. The third kappa shape index (κ3) is 4.26. The molecule has 0 unspecified atom stereocenters. The third-order valence-electron chi connectivity index (χ3n) is 3.81. The second-order valence-electron chi connectivity index (χ2n) is 5.76. The zero-order chi connectivity index (χ0) is 19.8. The molecule has 27 heavy (non-hydrogen) atoms. The standard InChI is InChI=1S/C18H12Cl2F3N3O/c19-14-6-1-10(7-15(14)20)17-11(8-16(24)27)9-26(25-17)13-4-2-12(3-5-13)18(21,22)23/h1-7,9H,8H2,(H2,24,27). The fraction of sp³-hybridized carbons (Fsp3) is 0.111. The molecule has 1 heterocycles. The van der Waals surface area contributed by atoms with E-state index in [1.807, 2.05) is 0 Å². The molecule has 0 fully saturated rings. The minimum Gasteiger partial charge on any atom is -0.369 e. The van der Waals surface area contributed by atoms with Gasteiger partial charge in [0, 0.05) is 17.3 Å². The van der Waals surface area contributed by atoms with Gasteiger partial charge in [0.2, 0.25) is 5.91 Å². The quantitative estimate of drug-likeness (QED) is 0.661. The van der Waals surface area contributed by atoms with Crippen LogP contribution in [0.4, 0.5) is 13.2 Å². The largest absolute Gasteiger partial charge is 0.416 e. The molecule has 0 radical (unpaired) electrons. The molecule has 0 bridgehead atoms. The summed E-state index contributed by atoms with van der Waals surface area (Å²) in [6.45, 7) is 0. The van der Waals surface area contributed by atoms with Crippen LogP contribution in [0.2, 0.25) is 10.0 Å². The first-order valence-corrected chi connectivity index (χ1v) is 8.40. The highest BCUT2D eigenvalue weighted by Crippen LogP contribution is 2.32. The first kappa shape index (κ1) is 19.3. The van der Waals surface area contributed by atoms with Crippen LogP contribution in [0.3, 0.4) is 0 Å². The summed E-state index contributed by atoms with van der Waals surface area (Å²) in [4.78, 5) is 11.4. The minimum absolute atomic E-state index is 0.0871. The smallest absolute Gasteiger partial charge is 0.369 e. The van der Waals surface area contributed by atoms with Crippen LogP contribution in [-0.2, 0) is 17.4 Å². The lowest BCUT2D eigenvalue weighted by molar-refractivity contribution is -0.137. The van der Waals surface area contributed by atoms with Crippen LogP contribution in [0.5, 0.6) is 0 Å². The van der Waals surface area contributed by atoms with E-state index in [9.17, 15) is 18.0 Å². The van der Waals surface area contributed by atoms with Crippen LogP contribution in [0, 0.1) is 0 Å². The first-order chi connectivity index (χ1) is 12.6. The zero-order valence-electron chi connectivity index (χ0n) is 13.6. The van der Waals surface area contributed by atoms with Crippen molar-refractivity contribution >= 4 is 29.1 Å². The average Bonchev–Trinajstić information content (AvgIpc) is 3.00. The van der Waals surface area contributed by atoms with E-state index >= 15 is 0 Å². The topological polar surface area (TPSA) is 60.9 Å². The fourth-order valence-corrected chi connectivity index (χ4v) is 2.85. The fourth-order valence-electron chi connectivity index (χ4n) is 2.55. The Balaban J connectivity index is 2.06. The third-order valence-corrected chi connectivity index (χ3v) is 4.55. The highest BCUT2D eigenvalue weighted by Gasteiger charge is 2.30. The maximum absolute atomic E-state index is 12.7. The highest BCUT2D eigenvalue weighted by atomic mass is 35.5. The van der Waals surface area contributed by atoms with E-state index in [4.69, 9.17) is 28.9 Å². The van der Waals surface area contributed by atoms with Gasteiger partial charge in [-0.15, -0.1) is 0 Å². The number of nitrogens with zero attached hydrogens (tertiary/aromatic N) is 2. The van der Waals surface area contributed by atoms with Gasteiger partial charge in [-0.3, -0.25) is 4.79 Å². The van der Waals surface area contributed by atoms with Gasteiger partial charge in [0.1, 0.15) is 0 Å². The number of hydrogen-bond donors (Lipinski definition) is 1. The number of halogens is 5. The number of primary amides is 1. The molecule has 0 aliphatic rings. The Labute approximate surface area is 162 Å². The summed E-state index contributed by atoms with van der Waals surface area (Å²) in [7, 11) is 0. The molecule has 9 heteroatoms. The zero-order valence-corrected chi connectivity index (χ0v) is 15.1. The SMILES string of the molecule is NC(=O)Cc1cn(-c2ccc(C(F)(F)F)cc2)nc1-c1ccc(Cl)c(Cl)c1. The van der Waals surface area contributed by atoms with Gasteiger partial charge < -0.3 is 5.73 Å². The maximum atomic E-state index is 12.7. The van der Waals surface area contributed by atoms with Gasteiger partial charge >= 0.3 is 6.18 Å². The predicted molar refractivity (Wildman–Crippen MR) is 96.9 cm³/mol. The lowest BCUT2D eigenvalue weighted by atomic mass is 10.1. The number of aromatic nitrogens is 2. The molecule has 0 aliphatic heterocycles. The van der Waals surface area contributed by atoms with Crippen molar-refractivity contribution in [1.82, 2.24) is 9.78 Å². The number of carbonyl (C=O) groups excluding carboxylic acids is 1. The van der Waals surface area contributed by atoms with Crippen molar-refractivity contribution in [2.24, 2.45) is 5.73 Å². The Morgan fingerprint density at radius 3 is 2.30 bits per heavy atom. The van der Waals surface area contributed by atoms with Crippen molar-refractivity contribution in [3.8, 4) is 16.9 Å². The van der Waals surface area contributed by atoms with E-state index in [-0.39, 0.29) is 6.42 Å². The van der Waals surface area contributed by atoms with Crippen LogP contribution in [0.15, 0.2) is 48.7 Å². The summed E-state index contributed by atoms with van der Waals surface area (Å²) in [6.07, 6.45) is -2.97. The molecule has 3 aromatic rings. The van der Waals surface area contributed by atoms with Gasteiger partial charge in [-0.05, 0) is 36.4 Å². The molecular formula is C18H12Cl2F3N3O. The number of rotatable bonds is 4. The van der Waals surface area contributed by atoms with Gasteiger partial charge in [-0.2, -0.15) is 18.3 Å². The Bertz CT molecular complexity index is 998. The molecule has 0 aliphatic carbocycles. The Hall–Kier alpha value is -2.51. The molecule has 1 amide bonds. The molecular weight excluding hydrogens is 402 g/mol. The van der Waals surface area contributed by atoms with Crippen LogP contribution in [0.25, 0.3) is 16.9 Å². The van der Waals surface area contributed by atoms with Crippen LogP contribution < -0.4 is 5.73 Å². The summed E-state index contributed by atoms with van der Waals surface area (Å²) in [5, 5.41) is 5.06. The minimum atomic E-state index is -4.43. The Morgan fingerprint density at radius 1 is 1.07 bits per heavy atom. The number of amides is 1. The summed E-state index contributed by atoms with van der Waals surface area (Å²) in [6, 6.07) is 9.37. The van der Waals surface area contributed by atoms with Crippen LogP contribution >= 0.6 is 23.2 Å². The van der Waals surface area contributed by atoms with Gasteiger partial charge in [-0.25, -0.2) is 4.68 Å². The highest BCUT2D eigenvalue weighted by molar-refractivity contribution is 6.42. The number of carbonyl (C=O) groups is 1. The molecule has 2 aromatic carbocycles. The van der Waals surface area contributed by atoms with Crippen molar-refractivity contribution < 1.29 is 18.0 Å². The molecule has 0 atom stereocenters. The molecule has 1 aromatic heterocycles. The lowest BCUT2D eigenvalue weighted by Gasteiger charge is -2.07. The van der Waals surface area contributed by atoms with E-state index in [2.05, 4.69) is 5.10 Å². The summed E-state index contributed by atoms with van der Waals surface area (Å²) < 4.78 is 39.6. The normalized spacial score (nSPS) is 11.6. The number of benzene rings is 2. The van der Waals surface area contributed by atoms with Crippen LogP contribution in [0.1, 0.15) is 11.1 Å². The first-order valence-electron chi connectivity index (χ1n) is 7.65. The van der Waals surface area contributed by atoms with E-state index in [1.165, 1.54) is 16.8 Å². The molecule has 0 spiro atoms. The van der Waals surface area contributed by atoms with E-state index in [1.54, 1.807) is 24.4 Å². The summed E-state index contributed by atoms with van der Waals surface area (Å²) in [5.41, 5.74) is 6.49. The maximum Gasteiger partial charge on any atom is 0.416 e. The Morgan fingerprint density at radius 2 is 1.74 bits per heavy atom. The molecule has 140 valence electrons. The van der Waals surface area contributed by atoms with Crippen LogP contribution in [-0.4, -0.2) is 15.7 Å². The molecule has 4 nitrogen and oxygen atoms in total. The lowest BCUT2D eigenvalue weighted by Crippen LogP contribution is -2.13. The van der Waals surface area contributed by atoms with Gasteiger partial charge in [-0.1, -0.05) is 29.3 Å². The van der Waals surface area contributed by atoms with E-state index in [0.717, 1.165) is 12.1 Å². The predicted octanol–water partition coefficient (Wildman–Crippen LogP) is 4.89. The van der Waals surface area contributed by atoms with E-state index in [0.29, 0.717) is 32.6 Å². The van der Waals surface area contributed by atoms with E-state index < -0.39 is 17.6 Å². The van der Waals surface area contributed by atoms with Gasteiger partial charge in [0.05, 0.1) is 33.4 Å². The van der Waals surface area contributed by atoms with Crippen molar-refractivity contribution in [2.45, 2.75) is 12.6 Å². The molecule has 0 saturated heterocycles. The molecule has 2 N–H and O–H groups in total. The second-order valence-corrected chi connectivity index (χ2v) is 6.58. The van der Waals surface area contributed by atoms with Crippen molar-refractivity contribution in [2.75, 3.05) is 0 Å². The number of alkyl halides is 3. The van der Waals surface area contributed by atoms with Crippen molar-refractivity contribution in [3.05, 3.63) is 69.8 Å². The second kappa shape index (κ2) is 7.25. The number of nitrogens with two attached hydrogens (primary N) is 1. The van der Waals surface area contributed by atoms with Gasteiger partial charge in [0.15, 0.2) is 0 Å². The Kier molecular flexibility index (Phi) is 5.17. The monoisotopic (exact) mass is 413 g/mol. The van der Waals surface area contributed by atoms with Crippen molar-refractivity contribution in [1.29, 1.82) is 0 Å². The summed E-state index contributed by atoms with van der Waals surface area (Å²) in [5.74, 6) is -0.566.